The molecule has 2 fully saturated rings. The minimum Gasteiger partial charge on any atom is -0.497 e. The highest BCUT2D eigenvalue weighted by molar-refractivity contribution is 6.42. The molecule has 1 saturated carbocycles. The van der Waals surface area contributed by atoms with Crippen LogP contribution in [0.15, 0.2) is 55.0 Å². The summed E-state index contributed by atoms with van der Waals surface area (Å²) < 4.78 is 7.42. The molecule has 1 aliphatic carbocycles. The summed E-state index contributed by atoms with van der Waals surface area (Å²) in [5.41, 5.74) is 3.10. The summed E-state index contributed by atoms with van der Waals surface area (Å²) >= 11 is 12.3. The number of nitrogens with one attached hydrogen (secondary N) is 2. The first-order valence-electron chi connectivity index (χ1n) is 15.0. The first-order chi connectivity index (χ1) is 20.9. The average molecular weight is 628 g/mol. The molecule has 11 heteroatoms. The van der Waals surface area contributed by atoms with Gasteiger partial charge in [0, 0.05) is 63.6 Å². The molecule has 43 heavy (non-hydrogen) atoms. The Labute approximate surface area is 263 Å². The molecule has 0 radical (unpaired) electrons. The number of nitrogens with zero attached hydrogens (tertiary/aromatic N) is 4. The number of rotatable bonds is 10. The van der Waals surface area contributed by atoms with Gasteiger partial charge < -0.3 is 24.8 Å². The second-order valence-corrected chi connectivity index (χ2v) is 12.2. The maximum Gasteiger partial charge on any atom is 0.318 e. The van der Waals surface area contributed by atoms with E-state index in [2.05, 4.69) is 26.6 Å². The van der Waals surface area contributed by atoms with Crippen LogP contribution in [0.5, 0.6) is 5.75 Å². The van der Waals surface area contributed by atoms with Gasteiger partial charge in [-0.05, 0) is 48.2 Å². The smallest absolute Gasteiger partial charge is 0.318 e. The zero-order chi connectivity index (χ0) is 30.2. The molecule has 230 valence electrons. The summed E-state index contributed by atoms with van der Waals surface area (Å²) in [7, 11) is 1.66. The normalized spacial score (nSPS) is 17.9. The molecule has 3 aromatic rings. The number of imidazole rings is 1. The van der Waals surface area contributed by atoms with Crippen molar-refractivity contribution in [2.75, 3.05) is 33.3 Å². The van der Waals surface area contributed by atoms with Crippen molar-refractivity contribution in [1.29, 1.82) is 0 Å². The molecule has 3 amide bonds. The number of carbonyl (C=O) groups excluding carboxylic acids is 2. The van der Waals surface area contributed by atoms with Crippen LogP contribution in [-0.4, -0.2) is 76.7 Å². The fourth-order valence-corrected chi connectivity index (χ4v) is 6.27. The third-order valence-electron chi connectivity index (χ3n) is 8.32. The van der Waals surface area contributed by atoms with Gasteiger partial charge in [-0.15, -0.1) is 0 Å². The quantitative estimate of drug-likeness (QED) is 0.325. The first-order valence-corrected chi connectivity index (χ1v) is 15.8. The molecule has 1 aliphatic heterocycles. The van der Waals surface area contributed by atoms with E-state index in [1.165, 1.54) is 6.42 Å². The molecule has 1 atom stereocenters. The lowest BCUT2D eigenvalue weighted by Crippen LogP contribution is -2.63. The zero-order valence-electron chi connectivity index (χ0n) is 24.6. The Morgan fingerprint density at radius 2 is 1.81 bits per heavy atom. The van der Waals surface area contributed by atoms with Crippen molar-refractivity contribution in [3.05, 3.63) is 81.9 Å². The van der Waals surface area contributed by atoms with Crippen molar-refractivity contribution in [3.63, 3.8) is 0 Å². The van der Waals surface area contributed by atoms with Crippen molar-refractivity contribution < 1.29 is 14.3 Å². The third-order valence-corrected chi connectivity index (χ3v) is 9.06. The van der Waals surface area contributed by atoms with E-state index in [1.54, 1.807) is 24.4 Å². The lowest BCUT2D eigenvalue weighted by molar-refractivity contribution is -0.127. The lowest BCUT2D eigenvalue weighted by atomic mass is 9.95. The Morgan fingerprint density at radius 1 is 1.00 bits per heavy atom. The third kappa shape index (κ3) is 8.43. The Kier molecular flexibility index (Phi) is 10.8. The second-order valence-electron chi connectivity index (χ2n) is 11.4. The van der Waals surface area contributed by atoms with E-state index < -0.39 is 6.04 Å². The van der Waals surface area contributed by atoms with Gasteiger partial charge in [-0.3, -0.25) is 9.69 Å². The molecule has 2 aromatic carbocycles. The zero-order valence-corrected chi connectivity index (χ0v) is 26.1. The van der Waals surface area contributed by atoms with E-state index in [0.717, 1.165) is 48.3 Å². The molecule has 2 aliphatic rings. The standard InChI is InChI=1S/C32H40Cl2N6O3/c1-43-27-9-5-6-23(16-27)19-38-14-15-40(32(42)37-25-7-3-2-4-8-25)30(21-38)31(41)36-13-12-26-18-35-22-39(26)20-24-10-11-28(33)29(34)17-24/h5-6,9-11,16-18,22,25,30H,2-4,7-8,12-15,19-21H2,1H3,(H,36,41)(H,37,42). The molecule has 0 spiro atoms. The van der Waals surface area contributed by atoms with E-state index >= 15 is 0 Å². The Bertz CT molecular complexity index is 1390. The second kappa shape index (κ2) is 14.9. The van der Waals surface area contributed by atoms with Crippen molar-refractivity contribution >= 4 is 35.1 Å². The number of benzene rings is 2. The van der Waals surface area contributed by atoms with Gasteiger partial charge in [0.2, 0.25) is 5.91 Å². The molecule has 2 N–H and O–H groups in total. The number of carbonyl (C=O) groups is 2. The maximum atomic E-state index is 13.6. The van der Waals surface area contributed by atoms with E-state index in [4.69, 9.17) is 27.9 Å². The average Bonchev–Trinajstić information content (AvgIpc) is 3.46. The Morgan fingerprint density at radius 3 is 2.60 bits per heavy atom. The van der Waals surface area contributed by atoms with Crippen molar-refractivity contribution in [2.45, 2.75) is 63.7 Å². The number of ether oxygens (including phenoxy) is 1. The van der Waals surface area contributed by atoms with Crippen molar-refractivity contribution in [1.82, 2.24) is 30.0 Å². The minimum absolute atomic E-state index is 0.146. The van der Waals surface area contributed by atoms with E-state index in [1.807, 2.05) is 41.1 Å². The van der Waals surface area contributed by atoms with Gasteiger partial charge in [0.25, 0.3) is 0 Å². The number of hydrogen-bond donors (Lipinski definition) is 2. The van der Waals surface area contributed by atoms with E-state index in [-0.39, 0.29) is 18.0 Å². The minimum atomic E-state index is -0.593. The number of methoxy groups -OCH3 is 1. The monoisotopic (exact) mass is 626 g/mol. The molecule has 9 nitrogen and oxygen atoms in total. The largest absolute Gasteiger partial charge is 0.497 e. The molecule has 1 unspecified atom stereocenters. The topological polar surface area (TPSA) is 91.7 Å². The van der Waals surface area contributed by atoms with Crippen LogP contribution in [-0.2, 0) is 24.3 Å². The number of urea groups is 1. The van der Waals surface area contributed by atoms with Gasteiger partial charge in [-0.25, -0.2) is 9.78 Å². The molecule has 5 rings (SSSR count). The summed E-state index contributed by atoms with van der Waals surface area (Å²) in [5.74, 6) is 0.653. The summed E-state index contributed by atoms with van der Waals surface area (Å²) in [6, 6.07) is 13.0. The Balaban J connectivity index is 1.22. The first kappa shape index (κ1) is 31.2. The van der Waals surface area contributed by atoms with Crippen LogP contribution in [0.2, 0.25) is 10.0 Å². The van der Waals surface area contributed by atoms with Crippen LogP contribution in [0.3, 0.4) is 0 Å². The highest BCUT2D eigenvalue weighted by atomic mass is 35.5. The summed E-state index contributed by atoms with van der Waals surface area (Å²) in [5, 5.41) is 7.35. The number of halogens is 2. The van der Waals surface area contributed by atoms with Crippen LogP contribution in [0.1, 0.15) is 48.9 Å². The molecular weight excluding hydrogens is 587 g/mol. The fourth-order valence-electron chi connectivity index (χ4n) is 5.95. The van der Waals surface area contributed by atoms with Crippen molar-refractivity contribution in [2.24, 2.45) is 0 Å². The van der Waals surface area contributed by atoms with Crippen LogP contribution >= 0.6 is 23.2 Å². The molecule has 1 aromatic heterocycles. The van der Waals surface area contributed by atoms with Crippen LogP contribution < -0.4 is 15.4 Å². The van der Waals surface area contributed by atoms with Gasteiger partial charge >= 0.3 is 6.03 Å². The van der Waals surface area contributed by atoms with Gasteiger partial charge in [-0.1, -0.05) is 60.7 Å². The lowest BCUT2D eigenvalue weighted by Gasteiger charge is -2.41. The van der Waals surface area contributed by atoms with Crippen LogP contribution in [0.4, 0.5) is 4.79 Å². The number of piperazine rings is 1. The summed E-state index contributed by atoms with van der Waals surface area (Å²) in [4.78, 5) is 35.3. The van der Waals surface area contributed by atoms with Gasteiger partial charge in [-0.2, -0.15) is 0 Å². The van der Waals surface area contributed by atoms with Gasteiger partial charge in [0.15, 0.2) is 0 Å². The SMILES string of the molecule is COc1cccc(CN2CCN(C(=O)NC3CCCCC3)C(C(=O)NCCc3cncn3Cc3ccc(Cl)c(Cl)c3)C2)c1. The van der Waals surface area contributed by atoms with Crippen molar-refractivity contribution in [3.8, 4) is 5.75 Å². The summed E-state index contributed by atoms with van der Waals surface area (Å²) in [6.45, 7) is 3.32. The van der Waals surface area contributed by atoms with Crippen LogP contribution in [0.25, 0.3) is 0 Å². The maximum absolute atomic E-state index is 13.6. The number of aromatic nitrogens is 2. The van der Waals surface area contributed by atoms with E-state index in [9.17, 15) is 9.59 Å². The molecule has 2 heterocycles. The molecule has 1 saturated heterocycles. The molecular formula is C32H40Cl2N6O3. The highest BCUT2D eigenvalue weighted by Gasteiger charge is 2.36. The predicted molar refractivity (Wildman–Crippen MR) is 169 cm³/mol. The molecule has 0 bridgehead atoms. The summed E-state index contributed by atoms with van der Waals surface area (Å²) in [6.07, 6.45) is 9.64. The van der Waals surface area contributed by atoms with Gasteiger partial charge in [0.1, 0.15) is 11.8 Å². The number of amides is 3. The Hall–Kier alpha value is -3.27. The van der Waals surface area contributed by atoms with E-state index in [0.29, 0.717) is 55.7 Å². The fraction of sp³-hybridized carbons (Fsp3) is 0.469. The highest BCUT2D eigenvalue weighted by Crippen LogP contribution is 2.24. The van der Waals surface area contributed by atoms with Gasteiger partial charge in [0.05, 0.1) is 23.5 Å². The van der Waals surface area contributed by atoms with Crippen LogP contribution in [0, 0.1) is 0 Å². The predicted octanol–water partition coefficient (Wildman–Crippen LogP) is 5.13. The number of hydrogen-bond acceptors (Lipinski definition) is 5.